The highest BCUT2D eigenvalue weighted by Crippen LogP contribution is 2.34. The van der Waals surface area contributed by atoms with Gasteiger partial charge in [0.05, 0.1) is 11.1 Å². The van der Waals surface area contributed by atoms with E-state index in [0.717, 1.165) is 0 Å². The van der Waals surface area contributed by atoms with Gasteiger partial charge >= 0.3 is 12.1 Å². The van der Waals surface area contributed by atoms with Crippen molar-refractivity contribution in [1.29, 1.82) is 0 Å². The minimum Gasteiger partial charge on any atom is -0.456 e. The summed E-state index contributed by atoms with van der Waals surface area (Å²) in [6, 6.07) is -0.0954. The van der Waals surface area contributed by atoms with E-state index in [1.807, 2.05) is 0 Å². The molecule has 0 aliphatic heterocycles. The first-order valence-corrected chi connectivity index (χ1v) is 5.88. The van der Waals surface area contributed by atoms with Gasteiger partial charge in [0.1, 0.15) is 5.60 Å². The van der Waals surface area contributed by atoms with Crippen molar-refractivity contribution >= 4 is 5.97 Å². The van der Waals surface area contributed by atoms with E-state index in [1.54, 1.807) is 6.92 Å². The molecule has 0 saturated heterocycles. The van der Waals surface area contributed by atoms with Crippen LogP contribution in [0.5, 0.6) is 0 Å². The zero-order valence-corrected chi connectivity index (χ0v) is 11.4. The van der Waals surface area contributed by atoms with Gasteiger partial charge in [0.15, 0.2) is 17.5 Å². The molecule has 0 N–H and O–H groups in total. The zero-order valence-electron chi connectivity index (χ0n) is 11.4. The highest BCUT2D eigenvalue weighted by atomic mass is 19.4. The third-order valence-electron chi connectivity index (χ3n) is 2.89. The molecular weight excluding hydrogens is 302 g/mol. The minimum absolute atomic E-state index is 0.0954. The molecule has 1 aromatic rings. The Bertz CT molecular complexity index is 563. The van der Waals surface area contributed by atoms with E-state index in [-0.39, 0.29) is 12.5 Å². The molecule has 21 heavy (non-hydrogen) atoms. The van der Waals surface area contributed by atoms with Crippen LogP contribution >= 0.6 is 0 Å². The van der Waals surface area contributed by atoms with Gasteiger partial charge < -0.3 is 4.74 Å². The number of rotatable bonds is 3. The molecule has 1 rings (SSSR count). The fraction of sp³-hybridized carbons (Fsp3) is 0.462. The summed E-state index contributed by atoms with van der Waals surface area (Å²) >= 11 is 0. The van der Waals surface area contributed by atoms with Crippen molar-refractivity contribution < 1.29 is 35.9 Å². The molecule has 8 heteroatoms. The Kier molecular flexibility index (Phi) is 4.60. The van der Waals surface area contributed by atoms with Gasteiger partial charge in [-0.15, -0.1) is 0 Å². The van der Waals surface area contributed by atoms with Gasteiger partial charge in [-0.2, -0.15) is 13.2 Å². The van der Waals surface area contributed by atoms with Crippen molar-refractivity contribution in [3.8, 4) is 0 Å². The SMILES string of the molecule is CCC(C)(C)OC(=O)c1cc(C(F)(F)F)c(F)c(F)c1F. The third kappa shape index (κ3) is 3.68. The van der Waals surface area contributed by atoms with Gasteiger partial charge in [-0.1, -0.05) is 6.92 Å². The maximum Gasteiger partial charge on any atom is 0.419 e. The fourth-order valence-corrected chi connectivity index (χ4v) is 1.34. The van der Waals surface area contributed by atoms with Crippen molar-refractivity contribution in [1.82, 2.24) is 0 Å². The summed E-state index contributed by atoms with van der Waals surface area (Å²) in [7, 11) is 0. The van der Waals surface area contributed by atoms with Gasteiger partial charge in [-0.3, -0.25) is 0 Å². The van der Waals surface area contributed by atoms with E-state index in [9.17, 15) is 31.1 Å². The van der Waals surface area contributed by atoms with E-state index < -0.39 is 46.3 Å². The molecule has 0 atom stereocenters. The normalized spacial score (nSPS) is 12.4. The molecule has 0 aromatic heterocycles. The smallest absolute Gasteiger partial charge is 0.419 e. The van der Waals surface area contributed by atoms with Crippen LogP contribution < -0.4 is 0 Å². The van der Waals surface area contributed by atoms with Gasteiger partial charge in [0, 0.05) is 0 Å². The Morgan fingerprint density at radius 1 is 1.10 bits per heavy atom. The molecule has 1 aromatic carbocycles. The number of benzene rings is 1. The molecule has 0 bridgehead atoms. The Morgan fingerprint density at radius 2 is 1.62 bits per heavy atom. The lowest BCUT2D eigenvalue weighted by Gasteiger charge is -2.23. The highest BCUT2D eigenvalue weighted by Gasteiger charge is 2.39. The standard InChI is InChI=1S/C13H12F6O2/c1-4-12(2,3)21-11(20)6-5-7(13(17,18)19)9(15)10(16)8(6)14/h5H,4H2,1-3H3. The van der Waals surface area contributed by atoms with Crippen LogP contribution in [0.2, 0.25) is 0 Å². The molecule has 0 amide bonds. The summed E-state index contributed by atoms with van der Waals surface area (Å²) in [6.45, 7) is 4.50. The Morgan fingerprint density at radius 3 is 2.05 bits per heavy atom. The average Bonchev–Trinajstić information content (AvgIpc) is 2.34. The number of alkyl halides is 3. The largest absolute Gasteiger partial charge is 0.456 e. The van der Waals surface area contributed by atoms with Crippen molar-refractivity contribution in [2.45, 2.75) is 39.0 Å². The predicted octanol–water partition coefficient (Wildman–Crippen LogP) is 4.47. The molecule has 0 unspecified atom stereocenters. The Balaban J connectivity index is 3.38. The van der Waals surface area contributed by atoms with E-state index >= 15 is 0 Å². The first-order chi connectivity index (χ1) is 9.40. The summed E-state index contributed by atoms with van der Waals surface area (Å²) < 4.78 is 82.2. The van der Waals surface area contributed by atoms with Crippen LogP contribution in [-0.2, 0) is 10.9 Å². The van der Waals surface area contributed by atoms with Crippen molar-refractivity contribution in [3.63, 3.8) is 0 Å². The monoisotopic (exact) mass is 314 g/mol. The molecular formula is C13H12F6O2. The maximum atomic E-state index is 13.5. The first kappa shape index (κ1) is 17.3. The van der Waals surface area contributed by atoms with Crippen LogP contribution in [0.4, 0.5) is 26.3 Å². The number of hydrogen-bond donors (Lipinski definition) is 0. The van der Waals surface area contributed by atoms with Gasteiger partial charge in [-0.25, -0.2) is 18.0 Å². The van der Waals surface area contributed by atoms with Crippen LogP contribution in [0, 0.1) is 17.5 Å². The van der Waals surface area contributed by atoms with Crippen molar-refractivity contribution in [2.24, 2.45) is 0 Å². The maximum absolute atomic E-state index is 13.5. The molecule has 0 aliphatic rings. The number of hydrogen-bond acceptors (Lipinski definition) is 2. The second kappa shape index (κ2) is 5.57. The van der Waals surface area contributed by atoms with Crippen LogP contribution in [0.15, 0.2) is 6.07 Å². The summed E-state index contributed by atoms with van der Waals surface area (Å²) in [4.78, 5) is 11.7. The van der Waals surface area contributed by atoms with E-state index in [2.05, 4.69) is 0 Å². The number of carbonyl (C=O) groups is 1. The fourth-order valence-electron chi connectivity index (χ4n) is 1.34. The second-order valence-electron chi connectivity index (χ2n) is 4.91. The number of ether oxygens (including phenoxy) is 1. The summed E-state index contributed by atoms with van der Waals surface area (Å²) in [5.74, 6) is -8.28. The minimum atomic E-state index is -5.27. The summed E-state index contributed by atoms with van der Waals surface area (Å²) in [5.41, 5.74) is -4.46. The van der Waals surface area contributed by atoms with E-state index in [0.29, 0.717) is 0 Å². The van der Waals surface area contributed by atoms with Crippen LogP contribution in [0.1, 0.15) is 43.1 Å². The molecule has 0 aliphatic carbocycles. The highest BCUT2D eigenvalue weighted by molar-refractivity contribution is 5.90. The van der Waals surface area contributed by atoms with E-state index in [4.69, 9.17) is 4.74 Å². The molecule has 0 fully saturated rings. The van der Waals surface area contributed by atoms with Crippen LogP contribution in [0.25, 0.3) is 0 Å². The lowest BCUT2D eigenvalue weighted by Crippen LogP contribution is -2.28. The van der Waals surface area contributed by atoms with Gasteiger partial charge in [0.2, 0.25) is 0 Å². The Labute approximate surface area is 116 Å². The Hall–Kier alpha value is -1.73. The van der Waals surface area contributed by atoms with Crippen LogP contribution in [-0.4, -0.2) is 11.6 Å². The van der Waals surface area contributed by atoms with Gasteiger partial charge in [-0.05, 0) is 26.3 Å². The first-order valence-electron chi connectivity index (χ1n) is 5.88. The number of halogens is 6. The van der Waals surface area contributed by atoms with Crippen molar-refractivity contribution in [3.05, 3.63) is 34.6 Å². The molecule has 118 valence electrons. The summed E-state index contributed by atoms with van der Waals surface area (Å²) in [5, 5.41) is 0. The third-order valence-corrected chi connectivity index (χ3v) is 2.89. The summed E-state index contributed by atoms with van der Waals surface area (Å²) in [6.07, 6.45) is -4.98. The lowest BCUT2D eigenvalue weighted by molar-refractivity contribution is -0.140. The average molecular weight is 314 g/mol. The molecule has 2 nitrogen and oxygen atoms in total. The lowest BCUT2D eigenvalue weighted by atomic mass is 10.1. The topological polar surface area (TPSA) is 26.3 Å². The van der Waals surface area contributed by atoms with Crippen LogP contribution in [0.3, 0.4) is 0 Å². The molecule has 0 radical (unpaired) electrons. The number of esters is 1. The quantitative estimate of drug-likeness (QED) is 0.467. The predicted molar refractivity (Wildman–Crippen MR) is 61.1 cm³/mol. The second-order valence-corrected chi connectivity index (χ2v) is 4.91. The molecule has 0 saturated carbocycles. The zero-order chi connectivity index (χ0) is 16.6. The number of carbonyl (C=O) groups excluding carboxylic acids is 1. The van der Waals surface area contributed by atoms with E-state index in [1.165, 1.54) is 13.8 Å². The molecule has 0 spiro atoms. The molecule has 0 heterocycles. The van der Waals surface area contributed by atoms with Crippen molar-refractivity contribution in [2.75, 3.05) is 0 Å². The van der Waals surface area contributed by atoms with Gasteiger partial charge in [0.25, 0.3) is 0 Å².